The van der Waals surface area contributed by atoms with Crippen molar-refractivity contribution in [1.29, 1.82) is 0 Å². The van der Waals surface area contributed by atoms with E-state index in [9.17, 15) is 0 Å². The lowest BCUT2D eigenvalue weighted by atomic mass is 10.2. The predicted octanol–water partition coefficient (Wildman–Crippen LogP) is 5.14. The molecule has 0 unspecified atom stereocenters. The van der Waals surface area contributed by atoms with Crippen LogP contribution in [0.4, 0.5) is 0 Å². The average Bonchev–Trinajstić information content (AvgIpc) is 3.11. The Bertz CT molecular complexity index is 634. The molecule has 0 atom stereocenters. The van der Waals surface area contributed by atoms with Crippen LogP contribution in [0.5, 0.6) is 0 Å². The molecule has 0 aliphatic rings. The Balaban J connectivity index is 1.58. The van der Waals surface area contributed by atoms with Crippen LogP contribution >= 0.6 is 34.0 Å². The van der Waals surface area contributed by atoms with Crippen molar-refractivity contribution in [3.8, 4) is 10.4 Å². The highest BCUT2D eigenvalue weighted by molar-refractivity contribution is 7.14. The molecule has 0 spiro atoms. The Morgan fingerprint density at radius 2 is 2.00 bits per heavy atom. The Hall–Kier alpha value is -0.940. The second-order valence-electron chi connectivity index (χ2n) is 4.41. The zero-order chi connectivity index (χ0) is 13.1. The van der Waals surface area contributed by atoms with E-state index >= 15 is 0 Å². The van der Waals surface area contributed by atoms with Gasteiger partial charge in [0.05, 0.1) is 0 Å². The minimum Gasteiger partial charge on any atom is -0.307 e. The lowest BCUT2D eigenvalue weighted by Crippen LogP contribution is -2.11. The van der Waals surface area contributed by atoms with E-state index in [1.807, 2.05) is 22.7 Å². The Kier molecular flexibility index (Phi) is 4.13. The van der Waals surface area contributed by atoms with Crippen molar-refractivity contribution in [2.75, 3.05) is 0 Å². The summed E-state index contributed by atoms with van der Waals surface area (Å²) >= 11 is 5.47. The van der Waals surface area contributed by atoms with Crippen molar-refractivity contribution >= 4 is 34.0 Å². The Morgan fingerprint density at radius 3 is 2.74 bits per heavy atom. The third kappa shape index (κ3) is 3.15. The first-order chi connectivity index (χ1) is 9.33. The van der Waals surface area contributed by atoms with E-state index in [-0.39, 0.29) is 0 Å². The lowest BCUT2D eigenvalue weighted by Gasteiger charge is -2.02. The maximum atomic E-state index is 3.53. The summed E-state index contributed by atoms with van der Waals surface area (Å²) in [6, 6.07) is 8.76. The van der Waals surface area contributed by atoms with Gasteiger partial charge in [-0.25, -0.2) is 0 Å². The van der Waals surface area contributed by atoms with Gasteiger partial charge in [-0.3, -0.25) is 0 Å². The fourth-order valence-corrected chi connectivity index (χ4v) is 4.45. The first-order valence-electron chi connectivity index (χ1n) is 6.18. The molecule has 0 saturated heterocycles. The third-order valence-electron chi connectivity index (χ3n) is 3.01. The summed E-state index contributed by atoms with van der Waals surface area (Å²) in [4.78, 5) is 4.20. The Morgan fingerprint density at radius 1 is 1.05 bits per heavy atom. The number of nitrogens with one attached hydrogen (secondary N) is 1. The smallest absolute Gasteiger partial charge is 0.0351 e. The summed E-state index contributed by atoms with van der Waals surface area (Å²) in [5.41, 5.74) is 2.74. The lowest BCUT2D eigenvalue weighted by molar-refractivity contribution is 0.706. The van der Waals surface area contributed by atoms with Crippen molar-refractivity contribution in [2.24, 2.45) is 0 Å². The van der Waals surface area contributed by atoms with Gasteiger partial charge in [0, 0.05) is 33.3 Å². The summed E-state index contributed by atoms with van der Waals surface area (Å²) in [6.07, 6.45) is 0. The third-order valence-corrected chi connectivity index (χ3v) is 5.89. The molecule has 3 aromatic heterocycles. The topological polar surface area (TPSA) is 12.0 Å². The molecule has 1 nitrogen and oxygen atoms in total. The van der Waals surface area contributed by atoms with Crippen LogP contribution in [0.1, 0.15) is 15.3 Å². The van der Waals surface area contributed by atoms with Crippen LogP contribution < -0.4 is 5.32 Å². The number of thiophene rings is 3. The molecule has 0 amide bonds. The first-order valence-corrected chi connectivity index (χ1v) is 8.82. The number of hydrogen-bond donors (Lipinski definition) is 1. The molecule has 0 fully saturated rings. The quantitative estimate of drug-likeness (QED) is 0.688. The second kappa shape index (κ2) is 6.01. The molecule has 19 heavy (non-hydrogen) atoms. The van der Waals surface area contributed by atoms with E-state index in [1.54, 1.807) is 11.3 Å². The molecule has 0 saturated carbocycles. The number of rotatable bonds is 5. The highest BCUT2D eigenvalue weighted by Gasteiger charge is 2.04. The fourth-order valence-electron chi connectivity index (χ4n) is 1.93. The fraction of sp³-hybridized carbons (Fsp3) is 0.200. The largest absolute Gasteiger partial charge is 0.307 e. The SMILES string of the molecule is Cc1ccsc1CNCc1cc(-c2cccs2)cs1. The van der Waals surface area contributed by atoms with Gasteiger partial charge in [-0.15, -0.1) is 34.0 Å². The highest BCUT2D eigenvalue weighted by Crippen LogP contribution is 2.29. The van der Waals surface area contributed by atoms with Crippen molar-refractivity contribution in [3.63, 3.8) is 0 Å². The van der Waals surface area contributed by atoms with Gasteiger partial charge in [0.2, 0.25) is 0 Å². The van der Waals surface area contributed by atoms with Gasteiger partial charge in [-0.05, 0) is 46.8 Å². The number of aryl methyl sites for hydroxylation is 1. The zero-order valence-corrected chi connectivity index (χ0v) is 13.1. The van der Waals surface area contributed by atoms with E-state index in [1.165, 1.54) is 25.8 Å². The van der Waals surface area contributed by atoms with E-state index in [2.05, 4.69) is 52.6 Å². The van der Waals surface area contributed by atoms with Crippen LogP contribution in [0.25, 0.3) is 10.4 Å². The van der Waals surface area contributed by atoms with Crippen LogP contribution in [-0.2, 0) is 13.1 Å². The standard InChI is InChI=1S/C15H15NS3/c1-11-4-6-18-15(11)9-16-8-13-7-12(10-19-13)14-3-2-5-17-14/h2-7,10,16H,8-9H2,1H3. The molecular formula is C15H15NS3. The molecule has 3 aromatic rings. The van der Waals surface area contributed by atoms with Gasteiger partial charge in [-0.1, -0.05) is 6.07 Å². The van der Waals surface area contributed by atoms with E-state index < -0.39 is 0 Å². The van der Waals surface area contributed by atoms with Crippen LogP contribution in [-0.4, -0.2) is 0 Å². The molecule has 1 N–H and O–H groups in total. The molecule has 0 radical (unpaired) electrons. The number of hydrogen-bond acceptors (Lipinski definition) is 4. The van der Waals surface area contributed by atoms with Crippen molar-refractivity contribution < 1.29 is 0 Å². The van der Waals surface area contributed by atoms with Crippen LogP contribution in [0.2, 0.25) is 0 Å². The van der Waals surface area contributed by atoms with E-state index in [0.29, 0.717) is 0 Å². The van der Waals surface area contributed by atoms with Crippen LogP contribution in [0, 0.1) is 6.92 Å². The van der Waals surface area contributed by atoms with Crippen molar-refractivity contribution in [2.45, 2.75) is 20.0 Å². The van der Waals surface area contributed by atoms with Crippen molar-refractivity contribution in [3.05, 3.63) is 55.7 Å². The molecule has 0 aliphatic heterocycles. The molecule has 0 aliphatic carbocycles. The van der Waals surface area contributed by atoms with Gasteiger partial charge in [-0.2, -0.15) is 0 Å². The molecule has 4 heteroatoms. The van der Waals surface area contributed by atoms with E-state index in [4.69, 9.17) is 0 Å². The maximum Gasteiger partial charge on any atom is 0.0351 e. The maximum absolute atomic E-state index is 3.53. The van der Waals surface area contributed by atoms with Gasteiger partial charge in [0.15, 0.2) is 0 Å². The molecule has 0 aromatic carbocycles. The summed E-state index contributed by atoms with van der Waals surface area (Å²) in [6.45, 7) is 4.09. The predicted molar refractivity (Wildman–Crippen MR) is 87.2 cm³/mol. The van der Waals surface area contributed by atoms with E-state index in [0.717, 1.165) is 13.1 Å². The van der Waals surface area contributed by atoms with Gasteiger partial charge in [0.25, 0.3) is 0 Å². The monoisotopic (exact) mass is 305 g/mol. The minimum atomic E-state index is 0.952. The summed E-state index contributed by atoms with van der Waals surface area (Å²) in [7, 11) is 0. The minimum absolute atomic E-state index is 0.952. The van der Waals surface area contributed by atoms with Crippen molar-refractivity contribution in [1.82, 2.24) is 5.32 Å². The first kappa shape index (κ1) is 13.1. The Labute approximate surface area is 125 Å². The molecule has 3 heterocycles. The summed E-state index contributed by atoms with van der Waals surface area (Å²) in [5, 5.41) is 10.1. The second-order valence-corrected chi connectivity index (χ2v) is 7.35. The average molecular weight is 305 g/mol. The molecule has 3 rings (SSSR count). The summed E-state index contributed by atoms with van der Waals surface area (Å²) < 4.78 is 0. The highest BCUT2D eigenvalue weighted by atomic mass is 32.1. The van der Waals surface area contributed by atoms with Crippen LogP contribution in [0.15, 0.2) is 40.4 Å². The molecule has 98 valence electrons. The zero-order valence-electron chi connectivity index (χ0n) is 10.7. The van der Waals surface area contributed by atoms with Gasteiger partial charge in [0.1, 0.15) is 0 Å². The van der Waals surface area contributed by atoms with Gasteiger partial charge < -0.3 is 5.32 Å². The summed E-state index contributed by atoms with van der Waals surface area (Å²) in [5.74, 6) is 0. The van der Waals surface area contributed by atoms with Crippen LogP contribution in [0.3, 0.4) is 0 Å². The molecule has 0 bridgehead atoms. The van der Waals surface area contributed by atoms with Gasteiger partial charge >= 0.3 is 0 Å². The molecular weight excluding hydrogens is 290 g/mol. The normalized spacial score (nSPS) is 11.0.